The van der Waals surface area contributed by atoms with Crippen LogP contribution in [0, 0.1) is 0 Å². The van der Waals surface area contributed by atoms with E-state index >= 15 is 0 Å². The summed E-state index contributed by atoms with van der Waals surface area (Å²) in [6.45, 7) is 0. The van der Waals surface area contributed by atoms with Gasteiger partial charge in [0.1, 0.15) is 5.69 Å². The van der Waals surface area contributed by atoms with Gasteiger partial charge in [-0.2, -0.15) is 5.10 Å². The number of rotatable bonds is 5. The maximum absolute atomic E-state index is 13.5. The molecule has 2 aromatic carbocycles. The van der Waals surface area contributed by atoms with Crippen LogP contribution in [0.25, 0.3) is 22.4 Å². The standard InChI is InChI=1S/C19H15Cl2F2N3O/c1-26-18(14(9-16(24)27)17(25-26)19(22)23)12-5-3-2-4-11(12)13-8-10(20)6-7-15(13)21/h2-8,19H,9H2,1H3,(H2,24,27). The van der Waals surface area contributed by atoms with Crippen LogP contribution in [-0.4, -0.2) is 15.7 Å². The number of aryl methyl sites for hydroxylation is 1. The second-order valence-electron chi connectivity index (χ2n) is 5.95. The fraction of sp³-hybridized carbons (Fsp3) is 0.158. The van der Waals surface area contributed by atoms with Crippen molar-refractivity contribution in [2.24, 2.45) is 12.8 Å². The maximum atomic E-state index is 13.5. The smallest absolute Gasteiger partial charge is 0.282 e. The Morgan fingerprint density at radius 3 is 2.44 bits per heavy atom. The molecule has 0 aliphatic rings. The Kier molecular flexibility index (Phi) is 5.48. The molecule has 140 valence electrons. The van der Waals surface area contributed by atoms with Gasteiger partial charge in [0.2, 0.25) is 5.91 Å². The molecule has 0 saturated carbocycles. The molecular weight excluding hydrogens is 395 g/mol. The van der Waals surface area contributed by atoms with Gasteiger partial charge < -0.3 is 5.73 Å². The molecule has 0 bridgehead atoms. The van der Waals surface area contributed by atoms with E-state index in [0.29, 0.717) is 32.4 Å². The van der Waals surface area contributed by atoms with Gasteiger partial charge in [0, 0.05) is 33.8 Å². The summed E-state index contributed by atoms with van der Waals surface area (Å²) in [5.41, 5.74) is 7.23. The van der Waals surface area contributed by atoms with Crippen LogP contribution in [0.15, 0.2) is 42.5 Å². The van der Waals surface area contributed by atoms with E-state index in [-0.39, 0.29) is 12.0 Å². The Morgan fingerprint density at radius 1 is 1.15 bits per heavy atom. The highest BCUT2D eigenvalue weighted by atomic mass is 35.5. The summed E-state index contributed by atoms with van der Waals surface area (Å²) in [5.74, 6) is -0.718. The van der Waals surface area contributed by atoms with Crippen LogP contribution in [0.3, 0.4) is 0 Å². The first kappa shape index (κ1) is 19.3. The van der Waals surface area contributed by atoms with Crippen LogP contribution in [-0.2, 0) is 18.3 Å². The lowest BCUT2D eigenvalue weighted by Gasteiger charge is -2.14. The molecule has 3 aromatic rings. The van der Waals surface area contributed by atoms with E-state index in [1.165, 1.54) is 4.68 Å². The van der Waals surface area contributed by atoms with Crippen molar-refractivity contribution in [1.82, 2.24) is 9.78 Å². The van der Waals surface area contributed by atoms with Crippen molar-refractivity contribution in [3.63, 3.8) is 0 Å². The first-order valence-electron chi connectivity index (χ1n) is 7.96. The number of halogens is 4. The SMILES string of the molecule is Cn1nc(C(F)F)c(CC(N)=O)c1-c1ccccc1-c1cc(Cl)ccc1Cl. The molecule has 3 rings (SSSR count). The predicted octanol–water partition coefficient (Wildman–Crippen LogP) is 5.03. The molecule has 2 N–H and O–H groups in total. The quantitative estimate of drug-likeness (QED) is 0.642. The minimum Gasteiger partial charge on any atom is -0.369 e. The Bertz CT molecular complexity index is 1020. The van der Waals surface area contributed by atoms with Crippen molar-refractivity contribution >= 4 is 29.1 Å². The number of carbonyl (C=O) groups excluding carboxylic acids is 1. The van der Waals surface area contributed by atoms with E-state index in [4.69, 9.17) is 28.9 Å². The van der Waals surface area contributed by atoms with E-state index in [9.17, 15) is 13.6 Å². The van der Waals surface area contributed by atoms with Gasteiger partial charge in [0.25, 0.3) is 6.43 Å². The molecule has 4 nitrogen and oxygen atoms in total. The highest BCUT2D eigenvalue weighted by Crippen LogP contribution is 2.40. The summed E-state index contributed by atoms with van der Waals surface area (Å²) in [7, 11) is 1.54. The van der Waals surface area contributed by atoms with Crippen LogP contribution in [0.4, 0.5) is 8.78 Å². The van der Waals surface area contributed by atoms with Gasteiger partial charge in [-0.05, 0) is 23.8 Å². The van der Waals surface area contributed by atoms with Crippen LogP contribution in [0.1, 0.15) is 17.7 Å². The van der Waals surface area contributed by atoms with Gasteiger partial charge in [0.15, 0.2) is 0 Å². The van der Waals surface area contributed by atoms with Crippen LogP contribution < -0.4 is 5.73 Å². The molecular formula is C19H15Cl2F2N3O. The highest BCUT2D eigenvalue weighted by Gasteiger charge is 2.26. The number of nitrogens with two attached hydrogens (primary N) is 1. The number of benzene rings is 2. The topological polar surface area (TPSA) is 60.9 Å². The van der Waals surface area contributed by atoms with Crippen LogP contribution >= 0.6 is 23.2 Å². The molecule has 1 aromatic heterocycles. The Labute approximate surface area is 164 Å². The lowest BCUT2D eigenvalue weighted by atomic mass is 9.94. The number of nitrogens with zero attached hydrogens (tertiary/aromatic N) is 2. The molecule has 8 heteroatoms. The van der Waals surface area contributed by atoms with Gasteiger partial charge in [-0.25, -0.2) is 8.78 Å². The fourth-order valence-electron chi connectivity index (χ4n) is 3.08. The fourth-order valence-corrected chi connectivity index (χ4v) is 3.47. The largest absolute Gasteiger partial charge is 0.369 e. The number of aromatic nitrogens is 2. The van der Waals surface area contributed by atoms with E-state index in [1.807, 2.05) is 0 Å². The zero-order chi connectivity index (χ0) is 19.7. The van der Waals surface area contributed by atoms with Crippen molar-refractivity contribution in [3.05, 3.63) is 63.8 Å². The summed E-state index contributed by atoms with van der Waals surface area (Å²) < 4.78 is 28.3. The van der Waals surface area contributed by atoms with Crippen LogP contribution in [0.2, 0.25) is 10.0 Å². The Hall–Kier alpha value is -2.44. The molecule has 0 aliphatic heterocycles. The maximum Gasteiger partial charge on any atom is 0.282 e. The van der Waals surface area contributed by atoms with E-state index in [1.54, 1.807) is 49.5 Å². The third-order valence-corrected chi connectivity index (χ3v) is 4.70. The summed E-state index contributed by atoms with van der Waals surface area (Å²) in [4.78, 5) is 11.5. The van der Waals surface area contributed by atoms with Gasteiger partial charge in [0.05, 0.1) is 12.1 Å². The molecule has 0 atom stereocenters. The second-order valence-corrected chi connectivity index (χ2v) is 6.79. The second kappa shape index (κ2) is 7.66. The van der Waals surface area contributed by atoms with Gasteiger partial charge in [-0.3, -0.25) is 9.48 Å². The number of alkyl halides is 2. The van der Waals surface area contributed by atoms with Crippen LogP contribution in [0.5, 0.6) is 0 Å². The van der Waals surface area contributed by atoms with E-state index in [0.717, 1.165) is 0 Å². The van der Waals surface area contributed by atoms with Gasteiger partial charge in [-0.15, -0.1) is 0 Å². The monoisotopic (exact) mass is 409 g/mol. The molecule has 0 radical (unpaired) electrons. The summed E-state index contributed by atoms with van der Waals surface area (Å²) in [6, 6.07) is 12.1. The minimum absolute atomic E-state index is 0.102. The average molecular weight is 410 g/mol. The van der Waals surface area contributed by atoms with Crippen molar-refractivity contribution in [1.29, 1.82) is 0 Å². The number of hydrogen-bond acceptors (Lipinski definition) is 2. The average Bonchev–Trinajstić information content (AvgIpc) is 2.93. The third-order valence-electron chi connectivity index (χ3n) is 4.13. The zero-order valence-corrected chi connectivity index (χ0v) is 15.7. The van der Waals surface area contributed by atoms with Gasteiger partial charge in [-0.1, -0.05) is 47.5 Å². The van der Waals surface area contributed by atoms with Crippen molar-refractivity contribution in [2.75, 3.05) is 0 Å². The molecule has 0 aliphatic carbocycles. The first-order valence-corrected chi connectivity index (χ1v) is 8.72. The number of carbonyl (C=O) groups is 1. The molecule has 0 spiro atoms. The number of hydrogen-bond donors (Lipinski definition) is 1. The number of primary amides is 1. The van der Waals surface area contributed by atoms with Crippen molar-refractivity contribution in [2.45, 2.75) is 12.8 Å². The van der Waals surface area contributed by atoms with E-state index in [2.05, 4.69) is 5.10 Å². The molecule has 1 amide bonds. The Balaban J connectivity index is 2.30. The molecule has 0 fully saturated rings. The lowest BCUT2D eigenvalue weighted by molar-refractivity contribution is -0.117. The lowest BCUT2D eigenvalue weighted by Crippen LogP contribution is -2.15. The highest BCUT2D eigenvalue weighted by molar-refractivity contribution is 6.35. The van der Waals surface area contributed by atoms with E-state index < -0.39 is 18.0 Å². The summed E-state index contributed by atoms with van der Waals surface area (Å²) >= 11 is 12.4. The molecule has 0 saturated heterocycles. The van der Waals surface area contributed by atoms with Gasteiger partial charge >= 0.3 is 0 Å². The predicted molar refractivity (Wildman–Crippen MR) is 102 cm³/mol. The molecule has 27 heavy (non-hydrogen) atoms. The van der Waals surface area contributed by atoms with Crippen molar-refractivity contribution < 1.29 is 13.6 Å². The number of amides is 1. The normalized spacial score (nSPS) is 11.2. The Morgan fingerprint density at radius 2 is 1.81 bits per heavy atom. The van der Waals surface area contributed by atoms with Crippen molar-refractivity contribution in [3.8, 4) is 22.4 Å². The summed E-state index contributed by atoms with van der Waals surface area (Å²) in [6.07, 6.45) is -3.18. The molecule has 0 unspecified atom stereocenters. The zero-order valence-electron chi connectivity index (χ0n) is 14.2. The molecule has 1 heterocycles. The third kappa shape index (κ3) is 3.82. The minimum atomic E-state index is -2.83. The summed E-state index contributed by atoms with van der Waals surface area (Å²) in [5, 5.41) is 4.86. The first-order chi connectivity index (χ1) is 12.8.